The molecule has 0 aliphatic heterocycles. The van der Waals surface area contributed by atoms with Gasteiger partial charge in [0, 0.05) is 31.7 Å². The Bertz CT molecular complexity index is 1730. The largest absolute Gasteiger partial charge is 0.478 e. The van der Waals surface area contributed by atoms with Crippen LogP contribution in [0.1, 0.15) is 32.9 Å². The Hall–Kier alpha value is -4.77. The maximum absolute atomic E-state index is 15.3. The molecule has 0 unspecified atom stereocenters. The third-order valence-electron chi connectivity index (χ3n) is 6.68. The van der Waals surface area contributed by atoms with Crippen LogP contribution >= 0.6 is 0 Å². The summed E-state index contributed by atoms with van der Waals surface area (Å²) in [7, 11) is 1.56. The van der Waals surface area contributed by atoms with Gasteiger partial charge in [0.2, 0.25) is 5.88 Å². The topological polar surface area (TPSA) is 86.5 Å². The second kappa shape index (κ2) is 12.0. The fourth-order valence-corrected chi connectivity index (χ4v) is 4.50. The molecule has 0 atom stereocenters. The minimum absolute atomic E-state index is 0.0138. The predicted octanol–water partition coefficient (Wildman–Crippen LogP) is 6.77. The molecule has 0 radical (unpaired) electrons. The number of aromatic carboxylic acids is 1. The molecule has 0 amide bonds. The number of carbonyl (C=O) groups is 1. The number of ether oxygens (including phenoxy) is 2. The third kappa shape index (κ3) is 6.41. The molecule has 5 aromatic rings. The summed E-state index contributed by atoms with van der Waals surface area (Å²) in [5.74, 6) is -0.721. The molecule has 0 spiro atoms. The number of aromatic nitrogens is 3. The lowest BCUT2D eigenvalue weighted by Gasteiger charge is -2.11. The molecule has 0 aliphatic rings. The molecule has 0 aliphatic carbocycles. The molecule has 0 saturated heterocycles. The smallest absolute Gasteiger partial charge is 0.416 e. The van der Waals surface area contributed by atoms with Crippen molar-refractivity contribution < 1.29 is 36.9 Å². The summed E-state index contributed by atoms with van der Waals surface area (Å²) in [4.78, 5) is 20.5. The summed E-state index contributed by atoms with van der Waals surface area (Å²) in [5, 5.41) is 9.39. The maximum atomic E-state index is 15.3. The SMILES string of the molecule is COCCn1c(Cc2ccc(-c3cccc(OCc4ccc(C(F)(F)F)cc4)n3)cc2F)nc2ccc(C(=O)O)cc21. The van der Waals surface area contributed by atoms with Crippen LogP contribution in [0.5, 0.6) is 5.88 Å². The van der Waals surface area contributed by atoms with Gasteiger partial charge in [-0.25, -0.2) is 19.2 Å². The molecule has 0 saturated carbocycles. The van der Waals surface area contributed by atoms with Crippen molar-refractivity contribution in [2.45, 2.75) is 25.7 Å². The van der Waals surface area contributed by atoms with Crippen LogP contribution in [0.25, 0.3) is 22.3 Å². The van der Waals surface area contributed by atoms with E-state index >= 15 is 4.39 Å². The van der Waals surface area contributed by atoms with E-state index in [1.54, 1.807) is 49.6 Å². The van der Waals surface area contributed by atoms with Crippen molar-refractivity contribution in [2.75, 3.05) is 13.7 Å². The lowest BCUT2D eigenvalue weighted by molar-refractivity contribution is -0.137. The lowest BCUT2D eigenvalue weighted by Crippen LogP contribution is -2.10. The second-order valence-electron chi connectivity index (χ2n) is 9.51. The number of carboxylic acid groups (broad SMARTS) is 1. The molecule has 2 aromatic heterocycles. The standard InChI is InChI=1S/C31H25F4N3O4/c1-41-14-13-38-27-16-22(30(39)40)9-12-26(27)36-28(38)17-20-7-8-21(15-24(20)32)25-3-2-4-29(37-25)42-18-19-5-10-23(11-6-19)31(33,34)35/h2-12,15-16H,13-14,17-18H2,1H3,(H,39,40). The van der Waals surface area contributed by atoms with E-state index in [0.717, 1.165) is 12.1 Å². The first kappa shape index (κ1) is 28.7. The Morgan fingerprint density at radius 2 is 1.76 bits per heavy atom. The van der Waals surface area contributed by atoms with E-state index in [-0.39, 0.29) is 24.5 Å². The van der Waals surface area contributed by atoms with Gasteiger partial charge in [0.05, 0.1) is 34.5 Å². The van der Waals surface area contributed by atoms with Gasteiger partial charge in [-0.2, -0.15) is 13.2 Å². The molecular weight excluding hydrogens is 554 g/mol. The highest BCUT2D eigenvalue weighted by Gasteiger charge is 2.30. The number of rotatable bonds is 10. The van der Waals surface area contributed by atoms with Crippen molar-refractivity contribution in [3.63, 3.8) is 0 Å². The molecule has 1 N–H and O–H groups in total. The molecule has 42 heavy (non-hydrogen) atoms. The second-order valence-corrected chi connectivity index (χ2v) is 9.51. The van der Waals surface area contributed by atoms with Crippen molar-refractivity contribution >= 4 is 17.0 Å². The van der Waals surface area contributed by atoms with E-state index in [1.165, 1.54) is 24.3 Å². The molecule has 0 fully saturated rings. The van der Waals surface area contributed by atoms with Gasteiger partial charge in [-0.15, -0.1) is 0 Å². The van der Waals surface area contributed by atoms with Crippen molar-refractivity contribution in [2.24, 2.45) is 0 Å². The number of fused-ring (bicyclic) bond motifs is 1. The summed E-state index contributed by atoms with van der Waals surface area (Å²) in [5.41, 5.74) is 2.51. The van der Waals surface area contributed by atoms with E-state index in [4.69, 9.17) is 9.47 Å². The van der Waals surface area contributed by atoms with Crippen molar-refractivity contribution in [1.82, 2.24) is 14.5 Å². The minimum atomic E-state index is -4.41. The molecule has 5 rings (SSSR count). The fraction of sp³-hybridized carbons (Fsp3) is 0.194. The van der Waals surface area contributed by atoms with Crippen LogP contribution in [0.4, 0.5) is 17.6 Å². The number of hydrogen-bond acceptors (Lipinski definition) is 5. The summed E-state index contributed by atoms with van der Waals surface area (Å²) < 4.78 is 66.4. The predicted molar refractivity (Wildman–Crippen MR) is 147 cm³/mol. The number of nitrogens with zero attached hydrogens (tertiary/aromatic N) is 3. The number of halogens is 4. The Morgan fingerprint density at radius 3 is 2.45 bits per heavy atom. The van der Waals surface area contributed by atoms with Crippen LogP contribution in [0, 0.1) is 5.82 Å². The molecular formula is C31H25F4N3O4. The highest BCUT2D eigenvalue weighted by atomic mass is 19.4. The Morgan fingerprint density at radius 1 is 0.976 bits per heavy atom. The number of pyridine rings is 1. The number of hydrogen-bond donors (Lipinski definition) is 1. The van der Waals surface area contributed by atoms with Crippen LogP contribution in [-0.2, 0) is 30.5 Å². The summed E-state index contributed by atoms with van der Waals surface area (Å²) in [6.45, 7) is 0.786. The zero-order chi connectivity index (χ0) is 29.9. The van der Waals surface area contributed by atoms with Gasteiger partial charge in [0.1, 0.15) is 18.2 Å². The number of benzene rings is 3. The van der Waals surface area contributed by atoms with E-state index in [1.807, 2.05) is 4.57 Å². The lowest BCUT2D eigenvalue weighted by atomic mass is 10.1. The third-order valence-corrected chi connectivity index (χ3v) is 6.68. The van der Waals surface area contributed by atoms with Gasteiger partial charge in [0.15, 0.2) is 0 Å². The summed E-state index contributed by atoms with van der Waals surface area (Å²) in [6, 6.07) is 19.1. The van der Waals surface area contributed by atoms with E-state index in [9.17, 15) is 23.1 Å². The highest BCUT2D eigenvalue weighted by Crippen LogP contribution is 2.30. The van der Waals surface area contributed by atoms with Crippen LogP contribution in [0.15, 0.2) is 78.9 Å². The Kier molecular flexibility index (Phi) is 8.21. The number of imidazole rings is 1. The van der Waals surface area contributed by atoms with Crippen molar-refractivity contribution in [1.29, 1.82) is 0 Å². The van der Waals surface area contributed by atoms with Crippen LogP contribution in [-0.4, -0.2) is 39.3 Å². The van der Waals surface area contributed by atoms with Crippen LogP contribution in [0.3, 0.4) is 0 Å². The zero-order valence-electron chi connectivity index (χ0n) is 22.4. The fourth-order valence-electron chi connectivity index (χ4n) is 4.50. The molecule has 216 valence electrons. The average Bonchev–Trinajstić information content (AvgIpc) is 3.31. The van der Waals surface area contributed by atoms with Gasteiger partial charge >= 0.3 is 12.1 Å². The molecule has 0 bridgehead atoms. The van der Waals surface area contributed by atoms with E-state index in [0.29, 0.717) is 52.4 Å². The normalized spacial score (nSPS) is 11.6. The van der Waals surface area contributed by atoms with Crippen molar-refractivity contribution in [3.8, 4) is 17.1 Å². The number of alkyl halides is 3. The molecule has 2 heterocycles. The van der Waals surface area contributed by atoms with Gasteiger partial charge in [-0.05, 0) is 53.6 Å². The number of methoxy groups -OCH3 is 1. The van der Waals surface area contributed by atoms with E-state index in [2.05, 4.69) is 9.97 Å². The molecule has 11 heteroatoms. The Labute approximate surface area is 238 Å². The monoisotopic (exact) mass is 579 g/mol. The van der Waals surface area contributed by atoms with Gasteiger partial charge in [0.25, 0.3) is 0 Å². The molecule has 3 aromatic carbocycles. The van der Waals surface area contributed by atoms with Crippen molar-refractivity contribution in [3.05, 3.63) is 113 Å². The van der Waals surface area contributed by atoms with Gasteiger partial charge in [-0.1, -0.05) is 30.3 Å². The van der Waals surface area contributed by atoms with Gasteiger partial charge < -0.3 is 19.1 Å². The zero-order valence-corrected chi connectivity index (χ0v) is 22.4. The molecule has 7 nitrogen and oxygen atoms in total. The first-order chi connectivity index (χ1) is 20.1. The minimum Gasteiger partial charge on any atom is -0.478 e. The quantitative estimate of drug-likeness (QED) is 0.184. The first-order valence-corrected chi connectivity index (χ1v) is 12.9. The maximum Gasteiger partial charge on any atom is 0.416 e. The van der Waals surface area contributed by atoms with Crippen LogP contribution < -0.4 is 4.74 Å². The Balaban J connectivity index is 1.34. The number of carboxylic acids is 1. The van der Waals surface area contributed by atoms with Crippen LogP contribution in [0.2, 0.25) is 0 Å². The summed E-state index contributed by atoms with van der Waals surface area (Å²) in [6.07, 6.45) is -4.25. The average molecular weight is 580 g/mol. The summed E-state index contributed by atoms with van der Waals surface area (Å²) >= 11 is 0. The van der Waals surface area contributed by atoms with Gasteiger partial charge in [-0.3, -0.25) is 0 Å². The van der Waals surface area contributed by atoms with E-state index < -0.39 is 23.5 Å². The first-order valence-electron chi connectivity index (χ1n) is 12.9. The highest BCUT2D eigenvalue weighted by molar-refractivity contribution is 5.92.